The highest BCUT2D eigenvalue weighted by atomic mass is 16.4. The van der Waals surface area contributed by atoms with Gasteiger partial charge in [0.05, 0.1) is 0 Å². The minimum atomic E-state index is -0.731. The Morgan fingerprint density at radius 1 is 1.14 bits per heavy atom. The third kappa shape index (κ3) is 2.62. The van der Waals surface area contributed by atoms with Gasteiger partial charge in [-0.15, -0.1) is 0 Å². The maximum absolute atomic E-state index is 11.1. The van der Waals surface area contributed by atoms with Gasteiger partial charge in [0.15, 0.2) is 0 Å². The van der Waals surface area contributed by atoms with Gasteiger partial charge in [0.1, 0.15) is 0 Å². The molecule has 0 aromatic carbocycles. The quantitative estimate of drug-likeness (QED) is 0.819. The number of likely N-dealkylation sites (tertiary alicyclic amines) is 2. The summed E-state index contributed by atoms with van der Waals surface area (Å²) in [5, 5.41) is 12.8. The summed E-state index contributed by atoms with van der Waals surface area (Å²) in [5.74, 6) is 0.891. The van der Waals surface area contributed by atoms with Gasteiger partial charge in [-0.2, -0.15) is 0 Å². The third-order valence-corrected chi connectivity index (χ3v) is 6.80. The van der Waals surface area contributed by atoms with Gasteiger partial charge < -0.3 is 20.2 Å². The van der Waals surface area contributed by atoms with E-state index in [1.807, 2.05) is 0 Å². The van der Waals surface area contributed by atoms with Crippen LogP contribution in [-0.4, -0.2) is 65.8 Å². The molecule has 1 aliphatic carbocycles. The maximum Gasteiger partial charge on any atom is 0.407 e. The molecule has 0 radical (unpaired) electrons. The van der Waals surface area contributed by atoms with E-state index >= 15 is 0 Å². The zero-order chi connectivity index (χ0) is 15.2. The van der Waals surface area contributed by atoms with E-state index in [4.69, 9.17) is 5.11 Å². The van der Waals surface area contributed by atoms with Gasteiger partial charge in [0.25, 0.3) is 0 Å². The molecule has 5 heteroatoms. The van der Waals surface area contributed by atoms with Crippen molar-refractivity contribution in [1.82, 2.24) is 15.1 Å². The Kier molecular flexibility index (Phi) is 3.81. The normalized spacial score (nSPS) is 40.3. The largest absolute Gasteiger partial charge is 0.465 e. The fraction of sp³-hybridized carbons (Fsp3) is 0.941. The van der Waals surface area contributed by atoms with Gasteiger partial charge in [-0.25, -0.2) is 4.79 Å². The molecule has 4 rings (SSSR count). The van der Waals surface area contributed by atoms with Crippen LogP contribution in [0.2, 0.25) is 0 Å². The fourth-order valence-corrected chi connectivity index (χ4v) is 5.43. The summed E-state index contributed by atoms with van der Waals surface area (Å²) >= 11 is 0. The molecule has 3 heterocycles. The summed E-state index contributed by atoms with van der Waals surface area (Å²) in [7, 11) is 0. The van der Waals surface area contributed by atoms with E-state index in [-0.39, 0.29) is 0 Å². The number of nitrogens with zero attached hydrogens (tertiary/aromatic N) is 2. The highest BCUT2D eigenvalue weighted by Crippen LogP contribution is 2.50. The highest BCUT2D eigenvalue weighted by Gasteiger charge is 2.51. The molecule has 0 bridgehead atoms. The monoisotopic (exact) mass is 307 g/mol. The lowest BCUT2D eigenvalue weighted by Crippen LogP contribution is -2.55. The van der Waals surface area contributed by atoms with Crippen LogP contribution in [0.25, 0.3) is 0 Å². The van der Waals surface area contributed by atoms with Crippen LogP contribution in [0.3, 0.4) is 0 Å². The Hall–Kier alpha value is -0.810. The van der Waals surface area contributed by atoms with Crippen molar-refractivity contribution in [1.29, 1.82) is 0 Å². The molecular weight excluding hydrogens is 278 g/mol. The molecule has 1 saturated carbocycles. The number of hydrogen-bond donors (Lipinski definition) is 2. The predicted molar refractivity (Wildman–Crippen MR) is 85.0 cm³/mol. The van der Waals surface area contributed by atoms with Gasteiger partial charge in [0, 0.05) is 25.2 Å². The molecule has 0 aromatic heterocycles. The lowest BCUT2D eigenvalue weighted by atomic mass is 9.64. The van der Waals surface area contributed by atoms with Crippen LogP contribution in [0.1, 0.15) is 44.9 Å². The average molecular weight is 307 g/mol. The molecule has 4 fully saturated rings. The SMILES string of the molecule is O=C(O)N1CCC2(CC(N3CCC(C4CCCN4)CC3)C2)C1. The van der Waals surface area contributed by atoms with E-state index in [0.717, 1.165) is 37.5 Å². The van der Waals surface area contributed by atoms with E-state index in [1.54, 1.807) is 4.90 Å². The van der Waals surface area contributed by atoms with E-state index in [0.29, 0.717) is 5.41 Å². The first-order valence-corrected chi connectivity index (χ1v) is 9.11. The van der Waals surface area contributed by atoms with E-state index in [1.165, 1.54) is 58.2 Å². The Morgan fingerprint density at radius 2 is 1.91 bits per heavy atom. The first-order valence-electron chi connectivity index (χ1n) is 9.11. The van der Waals surface area contributed by atoms with Crippen molar-refractivity contribution in [3.05, 3.63) is 0 Å². The van der Waals surface area contributed by atoms with Crippen LogP contribution in [-0.2, 0) is 0 Å². The zero-order valence-electron chi connectivity index (χ0n) is 13.5. The van der Waals surface area contributed by atoms with E-state index < -0.39 is 6.09 Å². The lowest BCUT2D eigenvalue weighted by Gasteiger charge is -2.52. The predicted octanol–water partition coefficient (Wildman–Crippen LogP) is 1.98. The molecule has 22 heavy (non-hydrogen) atoms. The Bertz CT molecular complexity index is 422. The smallest absolute Gasteiger partial charge is 0.407 e. The van der Waals surface area contributed by atoms with Gasteiger partial charge >= 0.3 is 6.09 Å². The maximum atomic E-state index is 11.1. The second kappa shape index (κ2) is 5.68. The standard InChI is InChI=1S/C17H29N3O2/c21-16(22)20-9-5-17(12-20)10-14(11-17)19-7-3-13(4-8-19)15-2-1-6-18-15/h13-15,18H,1-12H2,(H,21,22). The summed E-state index contributed by atoms with van der Waals surface area (Å²) in [6, 6.07) is 1.51. The molecule has 0 aromatic rings. The number of carboxylic acid groups (broad SMARTS) is 1. The molecule has 4 aliphatic rings. The Morgan fingerprint density at radius 3 is 2.50 bits per heavy atom. The molecule has 3 saturated heterocycles. The molecule has 124 valence electrons. The van der Waals surface area contributed by atoms with Crippen molar-refractivity contribution in [2.75, 3.05) is 32.7 Å². The Labute approximate surface area is 133 Å². The fourth-order valence-electron chi connectivity index (χ4n) is 5.43. The molecule has 1 atom stereocenters. The molecule has 1 spiro atoms. The molecule has 2 N–H and O–H groups in total. The van der Waals surface area contributed by atoms with E-state index in [9.17, 15) is 4.79 Å². The minimum Gasteiger partial charge on any atom is -0.465 e. The molecule has 1 amide bonds. The van der Waals surface area contributed by atoms with Crippen LogP contribution in [0, 0.1) is 11.3 Å². The summed E-state index contributed by atoms with van der Waals surface area (Å²) in [6.07, 6.45) is 8.23. The minimum absolute atomic E-state index is 0.326. The highest BCUT2D eigenvalue weighted by molar-refractivity contribution is 5.65. The van der Waals surface area contributed by atoms with Crippen molar-refractivity contribution >= 4 is 6.09 Å². The zero-order valence-corrected chi connectivity index (χ0v) is 13.5. The van der Waals surface area contributed by atoms with Gasteiger partial charge in [-0.1, -0.05) is 0 Å². The van der Waals surface area contributed by atoms with Gasteiger partial charge in [-0.3, -0.25) is 0 Å². The second-order valence-electron chi connectivity index (χ2n) is 8.09. The summed E-state index contributed by atoms with van der Waals surface area (Å²) in [4.78, 5) is 15.4. The lowest BCUT2D eigenvalue weighted by molar-refractivity contribution is -0.0108. The first-order chi connectivity index (χ1) is 10.7. The molecular formula is C17H29N3O2. The summed E-state index contributed by atoms with van der Waals surface area (Å²) in [6.45, 7) is 5.26. The van der Waals surface area contributed by atoms with Crippen molar-refractivity contribution in [3.63, 3.8) is 0 Å². The van der Waals surface area contributed by atoms with Crippen LogP contribution in [0.15, 0.2) is 0 Å². The topological polar surface area (TPSA) is 55.8 Å². The van der Waals surface area contributed by atoms with Crippen molar-refractivity contribution in [3.8, 4) is 0 Å². The van der Waals surface area contributed by atoms with Crippen LogP contribution in [0.4, 0.5) is 4.79 Å². The van der Waals surface area contributed by atoms with Gasteiger partial charge in [-0.05, 0) is 75.9 Å². The summed E-state index contributed by atoms with van der Waals surface area (Å²) < 4.78 is 0. The van der Waals surface area contributed by atoms with Crippen molar-refractivity contribution in [2.24, 2.45) is 11.3 Å². The van der Waals surface area contributed by atoms with Crippen LogP contribution in [0.5, 0.6) is 0 Å². The number of nitrogens with one attached hydrogen (secondary N) is 1. The number of piperidine rings is 1. The molecule has 1 unspecified atom stereocenters. The molecule has 5 nitrogen and oxygen atoms in total. The van der Waals surface area contributed by atoms with Crippen molar-refractivity contribution < 1.29 is 9.90 Å². The van der Waals surface area contributed by atoms with Crippen molar-refractivity contribution in [2.45, 2.75) is 57.0 Å². The van der Waals surface area contributed by atoms with Gasteiger partial charge in [0.2, 0.25) is 0 Å². The number of carbonyl (C=O) groups is 1. The third-order valence-electron chi connectivity index (χ3n) is 6.80. The molecule has 3 aliphatic heterocycles. The average Bonchev–Trinajstić information content (AvgIpc) is 3.15. The number of rotatable bonds is 2. The Balaban J connectivity index is 1.24. The van der Waals surface area contributed by atoms with E-state index in [2.05, 4.69) is 10.2 Å². The summed E-state index contributed by atoms with van der Waals surface area (Å²) in [5.41, 5.74) is 0.326. The van der Waals surface area contributed by atoms with Crippen LogP contribution >= 0.6 is 0 Å². The number of amides is 1. The number of hydrogen-bond acceptors (Lipinski definition) is 3. The first kappa shape index (κ1) is 14.8. The van der Waals surface area contributed by atoms with Crippen LogP contribution < -0.4 is 5.32 Å². The second-order valence-corrected chi connectivity index (χ2v) is 8.09.